The number of benzene rings is 1. The number of ether oxygens (including phenoxy) is 1. The molecule has 12 heteroatoms. The molecule has 192 valence electrons. The highest BCUT2D eigenvalue weighted by Crippen LogP contribution is 2.41. The van der Waals surface area contributed by atoms with Gasteiger partial charge in [0.25, 0.3) is 0 Å². The Morgan fingerprint density at radius 3 is 2.50 bits per heavy atom. The highest BCUT2D eigenvalue weighted by molar-refractivity contribution is 7.90. The van der Waals surface area contributed by atoms with E-state index in [0.717, 1.165) is 36.5 Å². The summed E-state index contributed by atoms with van der Waals surface area (Å²) < 4.78 is 49.6. The summed E-state index contributed by atoms with van der Waals surface area (Å²) in [5.74, 6) is 2.26. The molecule has 2 aromatic heterocycles. The van der Waals surface area contributed by atoms with Gasteiger partial charge in [0.1, 0.15) is 23.8 Å². The summed E-state index contributed by atoms with van der Waals surface area (Å²) in [4.78, 5) is 15.7. The summed E-state index contributed by atoms with van der Waals surface area (Å²) in [6.45, 7) is 7.05. The van der Waals surface area contributed by atoms with Crippen molar-refractivity contribution in [1.29, 1.82) is 0 Å². The van der Waals surface area contributed by atoms with Gasteiger partial charge in [-0.3, -0.25) is 0 Å². The molecule has 0 radical (unpaired) electrons. The highest BCUT2D eigenvalue weighted by atomic mass is 32.2. The van der Waals surface area contributed by atoms with E-state index < -0.39 is 15.7 Å². The lowest BCUT2D eigenvalue weighted by Crippen LogP contribution is -2.57. The van der Waals surface area contributed by atoms with Gasteiger partial charge in [0.05, 0.1) is 35.9 Å². The lowest BCUT2D eigenvalue weighted by atomic mass is 9.84. The number of fused-ring (bicyclic) bond motifs is 2. The van der Waals surface area contributed by atoms with Gasteiger partial charge in [-0.25, -0.2) is 22.8 Å². The summed E-state index contributed by atoms with van der Waals surface area (Å²) >= 11 is 0. The summed E-state index contributed by atoms with van der Waals surface area (Å²) in [5.41, 5.74) is 0.897. The maximum absolute atomic E-state index is 14.7. The molecule has 4 heterocycles. The third-order valence-corrected chi connectivity index (χ3v) is 7.88. The van der Waals surface area contributed by atoms with Gasteiger partial charge < -0.3 is 19.5 Å². The molecule has 0 saturated carbocycles. The van der Waals surface area contributed by atoms with Crippen molar-refractivity contribution in [3.05, 3.63) is 47.6 Å². The van der Waals surface area contributed by atoms with Crippen molar-refractivity contribution in [2.75, 3.05) is 29.7 Å². The molecule has 2 fully saturated rings. The number of morpholine rings is 1. The zero-order chi connectivity index (χ0) is 25.6. The van der Waals surface area contributed by atoms with Crippen LogP contribution >= 0.6 is 0 Å². The number of hydrogen-bond donors (Lipinski definition) is 1. The molecule has 5 rings (SSSR count). The Balaban J connectivity index is 1.40. The van der Waals surface area contributed by atoms with Gasteiger partial charge in [-0.2, -0.15) is 4.98 Å². The monoisotopic (exact) mass is 516 g/mol. The van der Waals surface area contributed by atoms with Gasteiger partial charge in [0.2, 0.25) is 5.89 Å². The lowest BCUT2D eigenvalue weighted by molar-refractivity contribution is 0.0369. The Kier molecular flexibility index (Phi) is 6.41. The first-order chi connectivity index (χ1) is 17.1. The smallest absolute Gasteiger partial charge is 0.229 e. The fraction of sp³-hybridized carbons (Fsp3) is 0.500. The van der Waals surface area contributed by atoms with E-state index in [4.69, 9.17) is 9.26 Å². The van der Waals surface area contributed by atoms with Crippen molar-refractivity contribution in [1.82, 2.24) is 20.1 Å². The van der Waals surface area contributed by atoms with E-state index in [9.17, 15) is 12.8 Å². The van der Waals surface area contributed by atoms with Crippen LogP contribution in [0.4, 0.5) is 21.7 Å². The van der Waals surface area contributed by atoms with E-state index in [1.54, 1.807) is 0 Å². The Labute approximate surface area is 209 Å². The van der Waals surface area contributed by atoms with E-state index in [1.807, 2.05) is 20.8 Å². The van der Waals surface area contributed by atoms with Crippen molar-refractivity contribution >= 4 is 27.2 Å². The minimum atomic E-state index is -3.51. The number of halogens is 1. The summed E-state index contributed by atoms with van der Waals surface area (Å²) in [5, 5.41) is 7.13. The standard InChI is InChI=1S/C24H29FN6O4S/c1-13(2)21-29-24(35-30-21)15-7-16-10-34-11-17(8-15)31(16)23-14(3)22(26-12-27-23)28-20-6-5-18(9-19(20)25)36(4,32)33/h5-6,9,12-13,15-17H,7-8,10-11H2,1-4H3,(H,26,27,28). The quantitative estimate of drug-likeness (QED) is 0.518. The number of rotatable bonds is 6. The van der Waals surface area contributed by atoms with Crippen LogP contribution in [0, 0.1) is 12.7 Å². The van der Waals surface area contributed by atoms with Gasteiger partial charge in [0.15, 0.2) is 15.7 Å². The topological polar surface area (TPSA) is 123 Å². The number of anilines is 3. The highest BCUT2D eigenvalue weighted by Gasteiger charge is 2.42. The van der Waals surface area contributed by atoms with E-state index in [1.165, 1.54) is 18.5 Å². The molecule has 0 spiro atoms. The van der Waals surface area contributed by atoms with Crippen LogP contribution in [0.5, 0.6) is 0 Å². The summed E-state index contributed by atoms with van der Waals surface area (Å²) in [6, 6.07) is 3.89. The van der Waals surface area contributed by atoms with Crippen molar-refractivity contribution in [3.8, 4) is 0 Å². The average molecular weight is 517 g/mol. The Morgan fingerprint density at radius 1 is 1.17 bits per heavy atom. The minimum Gasteiger partial charge on any atom is -0.377 e. The van der Waals surface area contributed by atoms with Crippen molar-refractivity contribution in [2.24, 2.45) is 0 Å². The van der Waals surface area contributed by atoms with Crippen LogP contribution in [0.2, 0.25) is 0 Å². The number of aromatic nitrogens is 4. The van der Waals surface area contributed by atoms with Crippen LogP contribution in [0.15, 0.2) is 33.9 Å². The molecular formula is C24H29FN6O4S. The number of piperidine rings is 1. The second-order valence-electron chi connectivity index (χ2n) is 9.78. The van der Waals surface area contributed by atoms with Crippen molar-refractivity contribution < 1.29 is 22.1 Å². The fourth-order valence-corrected chi connectivity index (χ4v) is 5.53. The lowest BCUT2D eigenvalue weighted by Gasteiger charge is -2.48. The Morgan fingerprint density at radius 2 is 1.89 bits per heavy atom. The third-order valence-electron chi connectivity index (χ3n) is 6.77. The van der Waals surface area contributed by atoms with Gasteiger partial charge in [-0.15, -0.1) is 0 Å². The number of sulfone groups is 1. The second-order valence-corrected chi connectivity index (χ2v) is 11.8. The predicted molar refractivity (Wildman–Crippen MR) is 131 cm³/mol. The fourth-order valence-electron chi connectivity index (χ4n) is 4.89. The van der Waals surface area contributed by atoms with Crippen LogP contribution < -0.4 is 10.2 Å². The van der Waals surface area contributed by atoms with E-state index >= 15 is 0 Å². The summed E-state index contributed by atoms with van der Waals surface area (Å²) in [7, 11) is -3.51. The first-order valence-electron chi connectivity index (χ1n) is 11.9. The molecule has 10 nitrogen and oxygen atoms in total. The SMILES string of the molecule is Cc1c(Nc2ccc(S(C)(=O)=O)cc2F)ncnc1N1C2COCC1CC(c1nc(C(C)C)no1)C2. The summed E-state index contributed by atoms with van der Waals surface area (Å²) in [6.07, 6.45) is 4.05. The molecule has 2 bridgehead atoms. The second kappa shape index (κ2) is 9.40. The molecule has 2 aliphatic heterocycles. The van der Waals surface area contributed by atoms with Gasteiger partial charge in [-0.1, -0.05) is 19.0 Å². The molecule has 0 amide bonds. The first-order valence-corrected chi connectivity index (χ1v) is 13.8. The van der Waals surface area contributed by atoms with Crippen molar-refractivity contribution in [3.63, 3.8) is 0 Å². The number of nitrogens with zero attached hydrogens (tertiary/aromatic N) is 5. The normalized spacial score (nSPS) is 22.2. The van der Waals surface area contributed by atoms with E-state index in [0.29, 0.717) is 30.7 Å². The molecule has 1 N–H and O–H groups in total. The van der Waals surface area contributed by atoms with E-state index in [2.05, 4.69) is 30.3 Å². The molecule has 2 atom stereocenters. The van der Waals surface area contributed by atoms with Crippen LogP contribution in [0.25, 0.3) is 0 Å². The minimum absolute atomic E-state index is 0.0594. The van der Waals surface area contributed by atoms with Gasteiger partial charge >= 0.3 is 0 Å². The van der Waals surface area contributed by atoms with Gasteiger partial charge in [-0.05, 0) is 38.0 Å². The molecule has 1 aromatic carbocycles. The Bertz CT molecular complexity index is 1360. The Hall–Kier alpha value is -3.12. The van der Waals surface area contributed by atoms with E-state index in [-0.39, 0.29) is 34.5 Å². The molecule has 2 aliphatic rings. The van der Waals surface area contributed by atoms with Crippen LogP contribution in [0.3, 0.4) is 0 Å². The predicted octanol–water partition coefficient (Wildman–Crippen LogP) is 3.73. The molecule has 2 saturated heterocycles. The van der Waals surface area contributed by atoms with Crippen LogP contribution in [-0.4, -0.2) is 60.1 Å². The zero-order valence-corrected chi connectivity index (χ0v) is 21.4. The average Bonchev–Trinajstić information content (AvgIpc) is 3.31. The van der Waals surface area contributed by atoms with Crippen LogP contribution in [0.1, 0.15) is 55.8 Å². The first kappa shape index (κ1) is 24.6. The molecule has 3 aromatic rings. The molecular weight excluding hydrogens is 487 g/mol. The molecule has 0 aliphatic carbocycles. The van der Waals surface area contributed by atoms with Crippen LogP contribution in [-0.2, 0) is 14.6 Å². The molecule has 2 unspecified atom stereocenters. The van der Waals surface area contributed by atoms with Gasteiger partial charge in [0, 0.05) is 23.7 Å². The number of nitrogens with one attached hydrogen (secondary N) is 1. The van der Waals surface area contributed by atoms with Crippen molar-refractivity contribution in [2.45, 2.75) is 62.4 Å². The zero-order valence-electron chi connectivity index (χ0n) is 20.6. The maximum Gasteiger partial charge on any atom is 0.229 e. The third kappa shape index (κ3) is 4.66. The molecule has 36 heavy (non-hydrogen) atoms. The number of hydrogen-bond acceptors (Lipinski definition) is 10. The largest absolute Gasteiger partial charge is 0.377 e. The maximum atomic E-state index is 14.7.